The van der Waals surface area contributed by atoms with Crippen LogP contribution in [0.15, 0.2) is 24.3 Å². The largest absolute Gasteiger partial charge is 0.453 e. The van der Waals surface area contributed by atoms with Crippen LogP contribution in [0.25, 0.3) is 0 Å². The van der Waals surface area contributed by atoms with E-state index in [1.54, 1.807) is 12.1 Å². The first-order valence-electron chi connectivity index (χ1n) is 3.40. The lowest BCUT2D eigenvalue weighted by Crippen LogP contribution is -2.34. The molecule has 0 radical (unpaired) electrons. The van der Waals surface area contributed by atoms with E-state index in [2.05, 4.69) is 4.74 Å². The first-order valence-corrected chi connectivity index (χ1v) is 3.40. The molecule has 4 nitrogen and oxygen atoms in total. The van der Waals surface area contributed by atoms with Crippen LogP contribution in [-0.2, 0) is 0 Å². The van der Waals surface area contributed by atoms with Crippen LogP contribution in [0.2, 0.25) is 0 Å². The van der Waals surface area contributed by atoms with Gasteiger partial charge in [-0.05, 0) is 19.1 Å². The molecular formula is C8H10O4. The van der Waals surface area contributed by atoms with Gasteiger partial charge in [0.25, 0.3) is 0 Å². The molecule has 1 rings (SSSR count). The molecule has 0 spiro atoms. The topological polar surface area (TPSA) is 69.9 Å². The molecule has 12 heavy (non-hydrogen) atoms. The molecular weight excluding hydrogens is 160 g/mol. The lowest BCUT2D eigenvalue weighted by molar-refractivity contribution is -0.419. The highest BCUT2D eigenvalue weighted by Gasteiger charge is 2.20. The summed E-state index contributed by atoms with van der Waals surface area (Å²) in [5, 5.41) is 25.3. The Morgan fingerprint density at radius 1 is 1.08 bits per heavy atom. The van der Waals surface area contributed by atoms with E-state index in [4.69, 9.17) is 15.3 Å². The minimum atomic E-state index is -3.10. The van der Waals surface area contributed by atoms with Crippen molar-refractivity contribution in [3.63, 3.8) is 0 Å². The first kappa shape index (κ1) is 8.99. The van der Waals surface area contributed by atoms with Gasteiger partial charge in [-0.25, -0.2) is 0 Å². The molecule has 0 aliphatic carbocycles. The lowest BCUT2D eigenvalue weighted by Gasteiger charge is -2.14. The van der Waals surface area contributed by atoms with E-state index >= 15 is 0 Å². The molecule has 0 saturated heterocycles. The van der Waals surface area contributed by atoms with Crippen molar-refractivity contribution >= 4 is 0 Å². The summed E-state index contributed by atoms with van der Waals surface area (Å²) in [4.78, 5) is 0. The third-order valence-corrected chi connectivity index (χ3v) is 1.28. The van der Waals surface area contributed by atoms with E-state index in [0.29, 0.717) is 0 Å². The van der Waals surface area contributed by atoms with Gasteiger partial charge in [0.2, 0.25) is 0 Å². The lowest BCUT2D eigenvalue weighted by atomic mass is 10.2. The zero-order valence-corrected chi connectivity index (χ0v) is 6.56. The number of benzene rings is 1. The zero-order chi connectivity index (χ0) is 9.19. The fraction of sp³-hybridized carbons (Fsp3) is 0.250. The van der Waals surface area contributed by atoms with Gasteiger partial charge in [0.1, 0.15) is 5.75 Å². The summed E-state index contributed by atoms with van der Waals surface area (Å²) < 4.78 is 4.32. The highest BCUT2D eigenvalue weighted by atomic mass is 16.9. The molecule has 4 heteroatoms. The molecule has 1 aromatic rings. The van der Waals surface area contributed by atoms with Crippen LogP contribution in [0.3, 0.4) is 0 Å². The number of hydrogen-bond donors (Lipinski definition) is 3. The number of aliphatic hydroxyl groups is 3. The molecule has 66 valence electrons. The first-order chi connectivity index (χ1) is 5.47. The van der Waals surface area contributed by atoms with Gasteiger partial charge in [-0.3, -0.25) is 0 Å². The van der Waals surface area contributed by atoms with Crippen molar-refractivity contribution in [1.29, 1.82) is 0 Å². The average molecular weight is 170 g/mol. The molecule has 0 heterocycles. The predicted octanol–water partition coefficient (Wildman–Crippen LogP) is -0.0380. The van der Waals surface area contributed by atoms with Crippen molar-refractivity contribution in [3.8, 4) is 5.75 Å². The molecule has 0 aliphatic heterocycles. The maximum Gasteiger partial charge on any atom is 0.453 e. The van der Waals surface area contributed by atoms with Gasteiger partial charge in [0, 0.05) is 0 Å². The Labute approximate surface area is 69.7 Å². The number of hydrogen-bond acceptors (Lipinski definition) is 4. The van der Waals surface area contributed by atoms with Gasteiger partial charge in [-0.2, -0.15) is 0 Å². The average Bonchev–Trinajstić information content (AvgIpc) is 1.91. The predicted molar refractivity (Wildman–Crippen MR) is 41.2 cm³/mol. The minimum absolute atomic E-state index is 0.188. The summed E-state index contributed by atoms with van der Waals surface area (Å²) in [6.07, 6.45) is -3.10. The van der Waals surface area contributed by atoms with Crippen LogP contribution < -0.4 is 4.74 Å². The van der Waals surface area contributed by atoms with E-state index in [1.807, 2.05) is 6.92 Å². The molecule has 0 aromatic heterocycles. The summed E-state index contributed by atoms with van der Waals surface area (Å²) in [6, 6.07) is 6.49. The second-order valence-electron chi connectivity index (χ2n) is 2.49. The standard InChI is InChI=1S/C8H10O4/c1-6-2-4-7(5-3-6)12-8(9,10)11/h2-5,9-11H,1H3. The zero-order valence-electron chi connectivity index (χ0n) is 6.56. The Morgan fingerprint density at radius 3 is 2.00 bits per heavy atom. The van der Waals surface area contributed by atoms with Crippen molar-refractivity contribution in [2.45, 2.75) is 13.1 Å². The van der Waals surface area contributed by atoms with Crippen molar-refractivity contribution in [1.82, 2.24) is 0 Å². The SMILES string of the molecule is Cc1ccc(OC(O)(O)O)cc1. The van der Waals surface area contributed by atoms with Gasteiger partial charge in [-0.15, -0.1) is 0 Å². The Bertz CT molecular complexity index is 247. The molecule has 0 bridgehead atoms. The Morgan fingerprint density at radius 2 is 1.58 bits per heavy atom. The van der Waals surface area contributed by atoms with E-state index < -0.39 is 6.16 Å². The van der Waals surface area contributed by atoms with Crippen molar-refractivity contribution < 1.29 is 20.1 Å². The molecule has 0 unspecified atom stereocenters. The quantitative estimate of drug-likeness (QED) is 0.545. The molecule has 0 amide bonds. The van der Waals surface area contributed by atoms with Gasteiger partial charge in [0.15, 0.2) is 0 Å². The summed E-state index contributed by atoms with van der Waals surface area (Å²) in [5.74, 6) is 0.188. The highest BCUT2D eigenvalue weighted by Crippen LogP contribution is 2.14. The number of aryl methyl sites for hydroxylation is 1. The molecule has 0 atom stereocenters. The van der Waals surface area contributed by atoms with E-state index in [9.17, 15) is 0 Å². The second-order valence-corrected chi connectivity index (χ2v) is 2.49. The Balaban J connectivity index is 2.71. The molecule has 0 aliphatic rings. The second kappa shape index (κ2) is 3.10. The van der Waals surface area contributed by atoms with Gasteiger partial charge >= 0.3 is 6.16 Å². The Hall–Kier alpha value is -1.10. The van der Waals surface area contributed by atoms with Crippen LogP contribution in [0.5, 0.6) is 5.75 Å². The van der Waals surface area contributed by atoms with Crippen LogP contribution >= 0.6 is 0 Å². The van der Waals surface area contributed by atoms with E-state index in [1.165, 1.54) is 12.1 Å². The third-order valence-electron chi connectivity index (χ3n) is 1.28. The van der Waals surface area contributed by atoms with E-state index in [0.717, 1.165) is 5.56 Å². The smallest absolute Gasteiger partial charge is 0.417 e. The number of ether oxygens (including phenoxy) is 1. The van der Waals surface area contributed by atoms with Gasteiger partial charge < -0.3 is 20.1 Å². The van der Waals surface area contributed by atoms with Gasteiger partial charge in [0.05, 0.1) is 0 Å². The van der Waals surface area contributed by atoms with Crippen molar-refractivity contribution in [2.24, 2.45) is 0 Å². The summed E-state index contributed by atoms with van der Waals surface area (Å²) in [5.41, 5.74) is 1.02. The summed E-state index contributed by atoms with van der Waals surface area (Å²) in [7, 11) is 0. The van der Waals surface area contributed by atoms with Crippen LogP contribution in [0.1, 0.15) is 5.56 Å². The van der Waals surface area contributed by atoms with E-state index in [-0.39, 0.29) is 5.75 Å². The highest BCUT2D eigenvalue weighted by molar-refractivity contribution is 5.26. The van der Waals surface area contributed by atoms with Crippen molar-refractivity contribution in [3.05, 3.63) is 29.8 Å². The van der Waals surface area contributed by atoms with Crippen LogP contribution in [-0.4, -0.2) is 21.5 Å². The fourth-order valence-corrected chi connectivity index (χ4v) is 0.764. The maximum absolute atomic E-state index is 8.43. The molecule has 3 N–H and O–H groups in total. The molecule has 1 aromatic carbocycles. The normalized spacial score (nSPS) is 11.3. The Kier molecular flexibility index (Phi) is 2.32. The summed E-state index contributed by atoms with van der Waals surface area (Å²) in [6.45, 7) is 1.88. The number of rotatable bonds is 2. The minimum Gasteiger partial charge on any atom is -0.417 e. The molecule has 0 saturated carbocycles. The third kappa shape index (κ3) is 2.87. The van der Waals surface area contributed by atoms with Gasteiger partial charge in [-0.1, -0.05) is 17.7 Å². The van der Waals surface area contributed by atoms with Crippen LogP contribution in [0, 0.1) is 6.92 Å². The fourth-order valence-electron chi connectivity index (χ4n) is 0.764. The van der Waals surface area contributed by atoms with Crippen LogP contribution in [0.4, 0.5) is 0 Å². The maximum atomic E-state index is 8.43. The monoisotopic (exact) mass is 170 g/mol. The van der Waals surface area contributed by atoms with Crippen molar-refractivity contribution in [2.75, 3.05) is 0 Å². The molecule has 0 fully saturated rings. The summed E-state index contributed by atoms with van der Waals surface area (Å²) >= 11 is 0.